The van der Waals surface area contributed by atoms with Gasteiger partial charge in [-0.1, -0.05) is 13.3 Å². The molecule has 0 unspecified atom stereocenters. The Kier molecular flexibility index (Phi) is 2.89. The first kappa shape index (κ1) is 9.47. The van der Waals surface area contributed by atoms with Gasteiger partial charge in [0.1, 0.15) is 0 Å². The number of rotatable bonds is 1. The SMILES string of the molecule is CC1CCN([C@@H]2CCC[C@H]2N)CC1. The van der Waals surface area contributed by atoms with Crippen molar-refractivity contribution in [2.45, 2.75) is 51.1 Å². The molecule has 76 valence electrons. The molecule has 1 aliphatic carbocycles. The van der Waals surface area contributed by atoms with Crippen LogP contribution in [0.2, 0.25) is 0 Å². The molecule has 2 atom stereocenters. The number of hydrogen-bond acceptors (Lipinski definition) is 2. The third-order valence-corrected chi connectivity index (χ3v) is 3.82. The molecule has 13 heavy (non-hydrogen) atoms. The van der Waals surface area contributed by atoms with Gasteiger partial charge < -0.3 is 5.73 Å². The average Bonchev–Trinajstić information content (AvgIpc) is 2.53. The lowest BCUT2D eigenvalue weighted by Gasteiger charge is -2.36. The summed E-state index contributed by atoms with van der Waals surface area (Å²) in [6.45, 7) is 4.95. The fraction of sp³-hybridized carbons (Fsp3) is 1.00. The van der Waals surface area contributed by atoms with E-state index in [4.69, 9.17) is 5.73 Å². The minimum Gasteiger partial charge on any atom is -0.326 e. The van der Waals surface area contributed by atoms with Crippen molar-refractivity contribution < 1.29 is 0 Å². The van der Waals surface area contributed by atoms with Crippen molar-refractivity contribution in [1.29, 1.82) is 0 Å². The van der Waals surface area contributed by atoms with Crippen molar-refractivity contribution in [1.82, 2.24) is 4.90 Å². The van der Waals surface area contributed by atoms with Gasteiger partial charge >= 0.3 is 0 Å². The van der Waals surface area contributed by atoms with E-state index in [1.54, 1.807) is 0 Å². The van der Waals surface area contributed by atoms with E-state index in [1.165, 1.54) is 45.2 Å². The normalized spacial score (nSPS) is 38.3. The van der Waals surface area contributed by atoms with Crippen LogP contribution in [0, 0.1) is 5.92 Å². The molecule has 2 fully saturated rings. The number of nitrogens with two attached hydrogens (primary N) is 1. The third-order valence-electron chi connectivity index (χ3n) is 3.82. The summed E-state index contributed by atoms with van der Waals surface area (Å²) < 4.78 is 0. The fourth-order valence-corrected chi connectivity index (χ4v) is 2.78. The molecule has 0 bridgehead atoms. The van der Waals surface area contributed by atoms with Gasteiger partial charge in [0.25, 0.3) is 0 Å². The molecule has 2 aliphatic rings. The predicted octanol–water partition coefficient (Wildman–Crippen LogP) is 1.60. The topological polar surface area (TPSA) is 29.3 Å². The summed E-state index contributed by atoms with van der Waals surface area (Å²) in [4.78, 5) is 2.64. The minimum absolute atomic E-state index is 0.466. The van der Waals surface area contributed by atoms with E-state index in [-0.39, 0.29) is 0 Å². The molecule has 1 heterocycles. The maximum atomic E-state index is 6.10. The van der Waals surface area contributed by atoms with Crippen LogP contribution in [-0.4, -0.2) is 30.1 Å². The van der Waals surface area contributed by atoms with Gasteiger partial charge in [0.05, 0.1) is 0 Å². The maximum Gasteiger partial charge on any atom is 0.0247 e. The van der Waals surface area contributed by atoms with Crippen molar-refractivity contribution in [3.05, 3.63) is 0 Å². The van der Waals surface area contributed by atoms with E-state index in [9.17, 15) is 0 Å². The molecule has 2 nitrogen and oxygen atoms in total. The summed E-state index contributed by atoms with van der Waals surface area (Å²) in [5.41, 5.74) is 6.10. The van der Waals surface area contributed by atoms with Crippen molar-refractivity contribution in [3.63, 3.8) is 0 Å². The summed E-state index contributed by atoms with van der Waals surface area (Å²) in [5, 5.41) is 0. The smallest absolute Gasteiger partial charge is 0.0247 e. The average molecular weight is 182 g/mol. The summed E-state index contributed by atoms with van der Waals surface area (Å²) in [6.07, 6.45) is 6.69. The van der Waals surface area contributed by atoms with Gasteiger partial charge in [0.2, 0.25) is 0 Å². The second-order valence-electron chi connectivity index (χ2n) is 4.88. The highest BCUT2D eigenvalue weighted by molar-refractivity contribution is 4.89. The van der Waals surface area contributed by atoms with E-state index in [2.05, 4.69) is 11.8 Å². The zero-order valence-corrected chi connectivity index (χ0v) is 8.71. The van der Waals surface area contributed by atoms with Crippen LogP contribution in [0.5, 0.6) is 0 Å². The molecule has 0 amide bonds. The van der Waals surface area contributed by atoms with E-state index in [0.717, 1.165) is 5.92 Å². The number of likely N-dealkylation sites (tertiary alicyclic amines) is 1. The molecule has 2 rings (SSSR count). The van der Waals surface area contributed by atoms with Gasteiger partial charge in [-0.2, -0.15) is 0 Å². The first-order chi connectivity index (χ1) is 6.27. The Morgan fingerprint density at radius 3 is 2.31 bits per heavy atom. The zero-order chi connectivity index (χ0) is 9.26. The number of nitrogens with zero attached hydrogens (tertiary/aromatic N) is 1. The Balaban J connectivity index is 1.86. The summed E-state index contributed by atoms with van der Waals surface area (Å²) in [6, 6.07) is 1.18. The van der Waals surface area contributed by atoms with Crippen LogP contribution in [0.15, 0.2) is 0 Å². The molecule has 0 spiro atoms. The Morgan fingerprint density at radius 2 is 1.77 bits per heavy atom. The molecular weight excluding hydrogens is 160 g/mol. The van der Waals surface area contributed by atoms with E-state index in [0.29, 0.717) is 12.1 Å². The fourth-order valence-electron chi connectivity index (χ4n) is 2.78. The van der Waals surface area contributed by atoms with E-state index < -0.39 is 0 Å². The molecule has 1 saturated carbocycles. The Labute approximate surface area is 81.5 Å². The van der Waals surface area contributed by atoms with Crippen molar-refractivity contribution in [2.75, 3.05) is 13.1 Å². The second kappa shape index (κ2) is 3.97. The van der Waals surface area contributed by atoms with Crippen LogP contribution in [0.25, 0.3) is 0 Å². The van der Waals surface area contributed by atoms with E-state index in [1.807, 2.05) is 0 Å². The summed E-state index contributed by atoms with van der Waals surface area (Å²) in [5.74, 6) is 0.939. The summed E-state index contributed by atoms with van der Waals surface area (Å²) in [7, 11) is 0. The number of hydrogen-bond donors (Lipinski definition) is 1. The van der Waals surface area contributed by atoms with Crippen molar-refractivity contribution in [2.24, 2.45) is 11.7 Å². The third kappa shape index (κ3) is 2.05. The van der Waals surface area contributed by atoms with E-state index >= 15 is 0 Å². The molecule has 1 aliphatic heterocycles. The molecule has 2 N–H and O–H groups in total. The lowest BCUT2D eigenvalue weighted by Crippen LogP contribution is -2.47. The van der Waals surface area contributed by atoms with Crippen LogP contribution in [0.4, 0.5) is 0 Å². The lowest BCUT2D eigenvalue weighted by atomic mass is 9.97. The quantitative estimate of drug-likeness (QED) is 0.667. The van der Waals surface area contributed by atoms with Crippen molar-refractivity contribution >= 4 is 0 Å². The maximum absolute atomic E-state index is 6.10. The van der Waals surface area contributed by atoms with Crippen LogP contribution >= 0.6 is 0 Å². The van der Waals surface area contributed by atoms with Crippen LogP contribution in [-0.2, 0) is 0 Å². The van der Waals surface area contributed by atoms with Crippen LogP contribution < -0.4 is 5.73 Å². The first-order valence-electron chi connectivity index (χ1n) is 5.77. The minimum atomic E-state index is 0.466. The first-order valence-corrected chi connectivity index (χ1v) is 5.77. The molecule has 0 aromatic rings. The molecular formula is C11H22N2. The highest BCUT2D eigenvalue weighted by atomic mass is 15.2. The highest BCUT2D eigenvalue weighted by Gasteiger charge is 2.30. The largest absolute Gasteiger partial charge is 0.326 e. The highest BCUT2D eigenvalue weighted by Crippen LogP contribution is 2.26. The second-order valence-corrected chi connectivity index (χ2v) is 4.88. The Hall–Kier alpha value is -0.0800. The van der Waals surface area contributed by atoms with Crippen molar-refractivity contribution in [3.8, 4) is 0 Å². The predicted molar refractivity (Wildman–Crippen MR) is 55.6 cm³/mol. The molecule has 0 radical (unpaired) electrons. The molecule has 1 saturated heterocycles. The standard InChI is InChI=1S/C11H22N2/c1-9-5-7-13(8-6-9)11-4-2-3-10(11)12/h9-11H,2-8,12H2,1H3/t10-,11-/m1/s1. The molecule has 2 heteroatoms. The van der Waals surface area contributed by atoms with Gasteiger partial charge in [-0.05, 0) is 44.7 Å². The lowest BCUT2D eigenvalue weighted by molar-refractivity contribution is 0.131. The van der Waals surface area contributed by atoms with Gasteiger partial charge in [-0.15, -0.1) is 0 Å². The zero-order valence-electron chi connectivity index (χ0n) is 8.71. The Morgan fingerprint density at radius 1 is 1.08 bits per heavy atom. The Bertz CT molecular complexity index is 161. The molecule has 0 aromatic carbocycles. The van der Waals surface area contributed by atoms with Crippen LogP contribution in [0.1, 0.15) is 39.0 Å². The molecule has 0 aromatic heterocycles. The van der Waals surface area contributed by atoms with Gasteiger partial charge in [0, 0.05) is 12.1 Å². The number of piperidine rings is 1. The monoisotopic (exact) mass is 182 g/mol. The van der Waals surface area contributed by atoms with Gasteiger partial charge in [-0.3, -0.25) is 4.90 Å². The van der Waals surface area contributed by atoms with Gasteiger partial charge in [0.15, 0.2) is 0 Å². The summed E-state index contributed by atoms with van der Waals surface area (Å²) >= 11 is 0. The van der Waals surface area contributed by atoms with Gasteiger partial charge in [-0.25, -0.2) is 0 Å². The van der Waals surface area contributed by atoms with Crippen LogP contribution in [0.3, 0.4) is 0 Å².